The number of rotatable bonds is 7. The molecule has 0 spiro atoms. The van der Waals surface area contributed by atoms with Crippen LogP contribution >= 0.6 is 0 Å². The highest BCUT2D eigenvalue weighted by Gasteiger charge is 2.46. The Labute approximate surface area is 294 Å². The van der Waals surface area contributed by atoms with Gasteiger partial charge in [0.1, 0.15) is 0 Å². The van der Waals surface area contributed by atoms with Crippen LogP contribution in [0.4, 0.5) is 17.1 Å². The highest BCUT2D eigenvalue weighted by atomic mass is 15.1. The van der Waals surface area contributed by atoms with Gasteiger partial charge in [0.2, 0.25) is 0 Å². The summed E-state index contributed by atoms with van der Waals surface area (Å²) in [5, 5.41) is 0. The van der Waals surface area contributed by atoms with Crippen LogP contribution in [-0.2, 0) is 5.41 Å². The largest absolute Gasteiger partial charge is 0.310 e. The third kappa shape index (κ3) is 4.86. The molecule has 0 radical (unpaired) electrons. The summed E-state index contributed by atoms with van der Waals surface area (Å²) < 4.78 is 0. The van der Waals surface area contributed by atoms with E-state index < -0.39 is 5.41 Å². The summed E-state index contributed by atoms with van der Waals surface area (Å²) in [5.41, 5.74) is 15.3. The van der Waals surface area contributed by atoms with Gasteiger partial charge in [-0.05, 0) is 86.5 Å². The Morgan fingerprint density at radius 1 is 0.300 bits per heavy atom. The summed E-state index contributed by atoms with van der Waals surface area (Å²) >= 11 is 0. The van der Waals surface area contributed by atoms with Gasteiger partial charge < -0.3 is 4.90 Å². The minimum Gasteiger partial charge on any atom is -0.310 e. The van der Waals surface area contributed by atoms with Crippen molar-refractivity contribution in [2.45, 2.75) is 5.41 Å². The molecule has 50 heavy (non-hydrogen) atoms. The molecular formula is C49H35N. The van der Waals surface area contributed by atoms with Crippen LogP contribution in [0.15, 0.2) is 212 Å². The highest BCUT2D eigenvalue weighted by Crippen LogP contribution is 2.58. The molecule has 0 aliphatic heterocycles. The molecule has 1 nitrogen and oxygen atoms in total. The lowest BCUT2D eigenvalue weighted by Crippen LogP contribution is -2.28. The van der Waals surface area contributed by atoms with Gasteiger partial charge in [0, 0.05) is 16.9 Å². The lowest BCUT2D eigenvalue weighted by Gasteiger charge is -2.35. The maximum absolute atomic E-state index is 2.48. The molecule has 1 heteroatoms. The standard InChI is InChI=1S/C49H35N/c1-6-18-36(19-7-1)37-30-32-42(33-31-37)50(41-26-14-5-15-27-41)48-35-47-45(34-44(48)38-20-8-2-9-21-38)43-28-16-17-29-46(43)49(47,39-22-10-3-11-23-39)40-24-12-4-13-25-40/h1-35H. The normalized spacial score (nSPS) is 12.6. The second-order valence-electron chi connectivity index (χ2n) is 12.9. The van der Waals surface area contributed by atoms with Crippen LogP contribution in [-0.4, -0.2) is 0 Å². The zero-order valence-corrected chi connectivity index (χ0v) is 27.7. The van der Waals surface area contributed by atoms with Crippen molar-refractivity contribution in [1.82, 2.24) is 0 Å². The fraction of sp³-hybridized carbons (Fsp3) is 0.0204. The van der Waals surface area contributed by atoms with Gasteiger partial charge in [0.05, 0.1) is 11.1 Å². The summed E-state index contributed by atoms with van der Waals surface area (Å²) in [4.78, 5) is 2.43. The summed E-state index contributed by atoms with van der Waals surface area (Å²) in [7, 11) is 0. The Morgan fingerprint density at radius 3 is 1.36 bits per heavy atom. The van der Waals surface area contributed by atoms with E-state index in [9.17, 15) is 0 Å². The van der Waals surface area contributed by atoms with Gasteiger partial charge in [-0.25, -0.2) is 0 Å². The quantitative estimate of drug-likeness (QED) is 0.168. The zero-order chi connectivity index (χ0) is 33.3. The molecule has 8 aromatic carbocycles. The van der Waals surface area contributed by atoms with Crippen LogP contribution in [0.3, 0.4) is 0 Å². The number of hydrogen-bond acceptors (Lipinski definition) is 1. The van der Waals surface area contributed by atoms with Crippen molar-refractivity contribution in [2.75, 3.05) is 4.90 Å². The Morgan fingerprint density at radius 2 is 0.760 bits per heavy atom. The number of benzene rings is 8. The SMILES string of the molecule is c1ccc(-c2ccc(N(c3ccccc3)c3cc4c(cc3-c3ccccc3)-c3ccccc3C4(c3ccccc3)c3ccccc3)cc2)cc1. The topological polar surface area (TPSA) is 3.24 Å². The first-order valence-corrected chi connectivity index (χ1v) is 17.3. The number of anilines is 3. The van der Waals surface area contributed by atoms with Gasteiger partial charge in [-0.2, -0.15) is 0 Å². The monoisotopic (exact) mass is 637 g/mol. The first kappa shape index (κ1) is 29.7. The first-order valence-electron chi connectivity index (χ1n) is 17.3. The van der Waals surface area contributed by atoms with Crippen LogP contribution < -0.4 is 4.90 Å². The van der Waals surface area contributed by atoms with E-state index >= 15 is 0 Å². The molecule has 0 aromatic heterocycles. The average molecular weight is 638 g/mol. The van der Waals surface area contributed by atoms with Crippen LogP contribution in [0, 0.1) is 0 Å². The Balaban J connectivity index is 1.37. The maximum atomic E-state index is 2.48. The molecule has 0 heterocycles. The third-order valence-corrected chi connectivity index (χ3v) is 10.1. The van der Waals surface area contributed by atoms with Gasteiger partial charge in [-0.15, -0.1) is 0 Å². The van der Waals surface area contributed by atoms with Crippen LogP contribution in [0.1, 0.15) is 22.3 Å². The fourth-order valence-electron chi connectivity index (χ4n) is 7.95. The van der Waals surface area contributed by atoms with E-state index in [-0.39, 0.29) is 0 Å². The smallest absolute Gasteiger partial charge is 0.0714 e. The molecule has 1 aliphatic rings. The maximum Gasteiger partial charge on any atom is 0.0714 e. The van der Waals surface area contributed by atoms with Crippen LogP contribution in [0.25, 0.3) is 33.4 Å². The van der Waals surface area contributed by atoms with E-state index in [0.29, 0.717) is 0 Å². The minimum atomic E-state index is -0.502. The molecule has 8 aromatic rings. The van der Waals surface area contributed by atoms with Crippen LogP contribution in [0.5, 0.6) is 0 Å². The summed E-state index contributed by atoms with van der Waals surface area (Å²) in [6, 6.07) is 77.2. The van der Waals surface area contributed by atoms with E-state index in [4.69, 9.17) is 0 Å². The Bertz CT molecular complexity index is 2340. The van der Waals surface area contributed by atoms with Crippen molar-refractivity contribution < 1.29 is 0 Å². The minimum absolute atomic E-state index is 0.502. The molecule has 0 unspecified atom stereocenters. The fourth-order valence-corrected chi connectivity index (χ4v) is 7.95. The average Bonchev–Trinajstić information content (AvgIpc) is 3.50. The Hall–Kier alpha value is -6.44. The van der Waals surface area contributed by atoms with E-state index in [1.807, 2.05) is 0 Å². The second-order valence-corrected chi connectivity index (χ2v) is 12.9. The number of nitrogens with zero attached hydrogens (tertiary/aromatic N) is 1. The van der Waals surface area contributed by atoms with E-state index in [0.717, 1.165) is 17.1 Å². The molecule has 1 aliphatic carbocycles. The number of hydrogen-bond donors (Lipinski definition) is 0. The van der Waals surface area contributed by atoms with E-state index in [1.54, 1.807) is 0 Å². The molecule has 0 N–H and O–H groups in total. The molecule has 0 fully saturated rings. The lowest BCUT2D eigenvalue weighted by atomic mass is 9.67. The van der Waals surface area contributed by atoms with Crippen molar-refractivity contribution in [3.63, 3.8) is 0 Å². The van der Waals surface area contributed by atoms with Crippen molar-refractivity contribution in [3.8, 4) is 33.4 Å². The van der Waals surface area contributed by atoms with E-state index in [2.05, 4.69) is 217 Å². The number of fused-ring (bicyclic) bond motifs is 3. The van der Waals surface area contributed by atoms with E-state index in [1.165, 1.54) is 55.6 Å². The van der Waals surface area contributed by atoms with Gasteiger partial charge in [0.25, 0.3) is 0 Å². The molecular weight excluding hydrogens is 603 g/mol. The van der Waals surface area contributed by atoms with Crippen LogP contribution in [0.2, 0.25) is 0 Å². The molecule has 0 amide bonds. The molecule has 9 rings (SSSR count). The first-order chi connectivity index (χ1) is 24.8. The molecule has 0 bridgehead atoms. The third-order valence-electron chi connectivity index (χ3n) is 10.1. The highest BCUT2D eigenvalue weighted by molar-refractivity contribution is 5.96. The van der Waals surface area contributed by atoms with Gasteiger partial charge in [-0.1, -0.05) is 176 Å². The van der Waals surface area contributed by atoms with Crippen molar-refractivity contribution >= 4 is 17.1 Å². The summed E-state index contributed by atoms with van der Waals surface area (Å²) in [6.45, 7) is 0. The van der Waals surface area contributed by atoms with Gasteiger partial charge in [0.15, 0.2) is 0 Å². The lowest BCUT2D eigenvalue weighted by molar-refractivity contribution is 0.768. The zero-order valence-electron chi connectivity index (χ0n) is 27.7. The van der Waals surface area contributed by atoms with Crippen molar-refractivity contribution in [2.24, 2.45) is 0 Å². The Kier molecular flexibility index (Phi) is 7.44. The second kappa shape index (κ2) is 12.5. The summed E-state index contributed by atoms with van der Waals surface area (Å²) in [6.07, 6.45) is 0. The predicted octanol–water partition coefficient (Wildman–Crippen LogP) is 12.9. The molecule has 0 atom stereocenters. The number of para-hydroxylation sites is 1. The van der Waals surface area contributed by atoms with Crippen molar-refractivity contribution in [1.29, 1.82) is 0 Å². The molecule has 0 saturated carbocycles. The molecule has 236 valence electrons. The predicted molar refractivity (Wildman–Crippen MR) is 209 cm³/mol. The van der Waals surface area contributed by atoms with Gasteiger partial charge in [-0.3, -0.25) is 0 Å². The van der Waals surface area contributed by atoms with Crippen molar-refractivity contribution in [3.05, 3.63) is 235 Å². The molecule has 0 saturated heterocycles. The van der Waals surface area contributed by atoms with Gasteiger partial charge >= 0.3 is 0 Å². The summed E-state index contributed by atoms with van der Waals surface area (Å²) in [5.74, 6) is 0.